The van der Waals surface area contributed by atoms with Crippen LogP contribution in [0.25, 0.3) is 0 Å². The number of amides is 1. The highest BCUT2D eigenvalue weighted by Crippen LogP contribution is 2.04. The highest BCUT2D eigenvalue weighted by atomic mass is 16.5. The second-order valence-corrected chi connectivity index (χ2v) is 3.17. The number of nitrogens with one attached hydrogen (secondary N) is 1. The van der Waals surface area contributed by atoms with Crippen LogP contribution in [0.4, 0.5) is 4.79 Å². The molecule has 0 spiro atoms. The molecule has 1 aromatic rings. The van der Waals surface area contributed by atoms with Crippen LogP contribution in [0.5, 0.6) is 0 Å². The summed E-state index contributed by atoms with van der Waals surface area (Å²) in [6.07, 6.45) is 0.164. The summed E-state index contributed by atoms with van der Waals surface area (Å²) in [4.78, 5) is 21.3. The fraction of sp³-hybridized carbons (Fsp3) is 0.273. The molecule has 0 aromatic heterocycles. The molecular weight excluding hydrogens is 210 g/mol. The summed E-state index contributed by atoms with van der Waals surface area (Å²) in [5.74, 6) is -0.945. The van der Waals surface area contributed by atoms with Crippen molar-refractivity contribution in [1.29, 1.82) is 0 Å². The second kappa shape index (κ2) is 5.75. The number of hydrogen-bond acceptors (Lipinski definition) is 3. The maximum absolute atomic E-state index is 10.7. The zero-order chi connectivity index (χ0) is 12.0. The number of rotatable bonds is 4. The number of carboxylic acid groups (broad SMARTS) is 1. The molecular formula is C11H13NO4. The van der Waals surface area contributed by atoms with Gasteiger partial charge in [-0.3, -0.25) is 0 Å². The molecule has 1 amide bonds. The van der Waals surface area contributed by atoms with Crippen molar-refractivity contribution < 1.29 is 19.4 Å². The molecule has 0 aliphatic rings. The van der Waals surface area contributed by atoms with Crippen LogP contribution in [0.1, 0.15) is 15.9 Å². The number of benzene rings is 1. The van der Waals surface area contributed by atoms with Gasteiger partial charge < -0.3 is 15.2 Å². The highest BCUT2D eigenvalue weighted by molar-refractivity contribution is 5.87. The molecule has 2 N–H and O–H groups in total. The van der Waals surface area contributed by atoms with Crippen LogP contribution in [0.3, 0.4) is 0 Å². The summed E-state index contributed by atoms with van der Waals surface area (Å²) in [7, 11) is 1.30. The van der Waals surface area contributed by atoms with Crippen LogP contribution < -0.4 is 5.32 Å². The fourth-order valence-electron chi connectivity index (χ4n) is 1.20. The van der Waals surface area contributed by atoms with Crippen LogP contribution >= 0.6 is 0 Å². The maximum Gasteiger partial charge on any atom is 0.406 e. The Hall–Kier alpha value is -2.04. The molecule has 0 saturated heterocycles. The Morgan fingerprint density at radius 2 is 1.94 bits per heavy atom. The first-order valence-corrected chi connectivity index (χ1v) is 4.77. The summed E-state index contributed by atoms with van der Waals surface area (Å²) in [5, 5.41) is 11.2. The summed E-state index contributed by atoms with van der Waals surface area (Å²) < 4.78 is 4.41. The van der Waals surface area contributed by atoms with Crippen LogP contribution in [-0.4, -0.2) is 30.8 Å². The zero-order valence-corrected chi connectivity index (χ0v) is 8.90. The number of carboxylic acids is 1. The number of carbonyl (C=O) groups is 2. The van der Waals surface area contributed by atoms with Crippen molar-refractivity contribution in [3.05, 3.63) is 35.4 Å². The molecule has 0 unspecified atom stereocenters. The average molecular weight is 223 g/mol. The number of methoxy groups -OCH3 is 1. The molecule has 1 rings (SSSR count). The zero-order valence-electron chi connectivity index (χ0n) is 8.90. The van der Waals surface area contributed by atoms with E-state index in [4.69, 9.17) is 5.11 Å². The molecule has 0 atom stereocenters. The van der Waals surface area contributed by atoms with Gasteiger partial charge in [0.05, 0.1) is 12.7 Å². The Balaban J connectivity index is 2.43. The molecule has 0 saturated carbocycles. The van der Waals surface area contributed by atoms with E-state index in [1.807, 2.05) is 0 Å². The van der Waals surface area contributed by atoms with Gasteiger partial charge in [-0.2, -0.15) is 0 Å². The Morgan fingerprint density at radius 3 is 2.44 bits per heavy atom. The first-order chi connectivity index (χ1) is 7.63. The quantitative estimate of drug-likeness (QED) is 0.806. The van der Waals surface area contributed by atoms with E-state index < -0.39 is 12.1 Å². The van der Waals surface area contributed by atoms with Crippen molar-refractivity contribution >= 4 is 12.1 Å². The third-order valence-corrected chi connectivity index (χ3v) is 2.07. The van der Waals surface area contributed by atoms with Gasteiger partial charge in [0.25, 0.3) is 0 Å². The minimum Gasteiger partial charge on any atom is -0.478 e. The average Bonchev–Trinajstić information content (AvgIpc) is 2.29. The minimum absolute atomic E-state index is 0.254. The van der Waals surface area contributed by atoms with Gasteiger partial charge in [-0.05, 0) is 24.1 Å². The number of carbonyl (C=O) groups excluding carboxylic acids is 1. The standard InChI is InChI=1S/C11H13NO4/c1-16-11(15)12-7-6-8-2-4-9(5-3-8)10(13)14/h2-5H,6-7H2,1H3,(H,12,15)(H,13,14). The van der Waals surface area contributed by atoms with Crippen molar-refractivity contribution in [2.45, 2.75) is 6.42 Å². The molecule has 0 bridgehead atoms. The summed E-state index contributed by atoms with van der Waals surface area (Å²) >= 11 is 0. The van der Waals surface area contributed by atoms with E-state index in [1.165, 1.54) is 19.2 Å². The van der Waals surface area contributed by atoms with Crippen molar-refractivity contribution in [3.63, 3.8) is 0 Å². The van der Waals surface area contributed by atoms with Crippen molar-refractivity contribution in [3.8, 4) is 0 Å². The van der Waals surface area contributed by atoms with Crippen LogP contribution in [0.2, 0.25) is 0 Å². The molecule has 0 fully saturated rings. The van der Waals surface area contributed by atoms with Crippen LogP contribution in [0.15, 0.2) is 24.3 Å². The second-order valence-electron chi connectivity index (χ2n) is 3.17. The van der Waals surface area contributed by atoms with Gasteiger partial charge in [-0.1, -0.05) is 12.1 Å². The topological polar surface area (TPSA) is 75.6 Å². The molecule has 0 aliphatic carbocycles. The van der Waals surface area contributed by atoms with Crippen LogP contribution in [0, 0.1) is 0 Å². The summed E-state index contributed by atoms with van der Waals surface area (Å²) in [5.41, 5.74) is 1.21. The maximum atomic E-state index is 10.7. The third kappa shape index (κ3) is 3.61. The lowest BCUT2D eigenvalue weighted by atomic mass is 10.1. The van der Waals surface area contributed by atoms with Gasteiger partial charge in [-0.25, -0.2) is 9.59 Å². The Labute approximate surface area is 93.0 Å². The van der Waals surface area contributed by atoms with E-state index in [0.717, 1.165) is 5.56 Å². The lowest BCUT2D eigenvalue weighted by molar-refractivity contribution is 0.0697. The van der Waals surface area contributed by atoms with E-state index in [1.54, 1.807) is 12.1 Å². The normalized spacial score (nSPS) is 9.56. The van der Waals surface area contributed by atoms with E-state index in [9.17, 15) is 9.59 Å². The molecule has 0 radical (unpaired) electrons. The van der Waals surface area contributed by atoms with E-state index in [2.05, 4.69) is 10.1 Å². The van der Waals surface area contributed by atoms with Gasteiger partial charge >= 0.3 is 12.1 Å². The van der Waals surface area contributed by atoms with Gasteiger partial charge in [0.15, 0.2) is 0 Å². The van der Waals surface area contributed by atoms with E-state index in [-0.39, 0.29) is 5.56 Å². The number of alkyl carbamates (subject to hydrolysis) is 1. The SMILES string of the molecule is COC(=O)NCCc1ccc(C(=O)O)cc1. The van der Waals surface area contributed by atoms with Gasteiger partial charge in [0, 0.05) is 6.54 Å². The third-order valence-electron chi connectivity index (χ3n) is 2.07. The molecule has 5 nitrogen and oxygen atoms in total. The van der Waals surface area contributed by atoms with Crippen molar-refractivity contribution in [2.24, 2.45) is 0 Å². The minimum atomic E-state index is -0.945. The fourth-order valence-corrected chi connectivity index (χ4v) is 1.20. The summed E-state index contributed by atoms with van der Waals surface area (Å²) in [6, 6.07) is 6.52. The number of hydrogen-bond donors (Lipinski definition) is 2. The van der Waals surface area contributed by atoms with Gasteiger partial charge in [0.2, 0.25) is 0 Å². The Morgan fingerprint density at radius 1 is 1.31 bits per heavy atom. The lowest BCUT2D eigenvalue weighted by Gasteiger charge is -2.04. The smallest absolute Gasteiger partial charge is 0.406 e. The predicted octanol–water partition coefficient (Wildman–Crippen LogP) is 1.28. The first-order valence-electron chi connectivity index (χ1n) is 4.77. The molecule has 0 aliphatic heterocycles. The van der Waals surface area contributed by atoms with E-state index in [0.29, 0.717) is 13.0 Å². The highest BCUT2D eigenvalue weighted by Gasteiger charge is 2.02. The van der Waals surface area contributed by atoms with Crippen LogP contribution in [-0.2, 0) is 11.2 Å². The number of ether oxygens (including phenoxy) is 1. The summed E-state index contributed by atoms with van der Waals surface area (Å²) in [6.45, 7) is 0.457. The van der Waals surface area contributed by atoms with E-state index >= 15 is 0 Å². The lowest BCUT2D eigenvalue weighted by Crippen LogP contribution is -2.25. The predicted molar refractivity (Wildman–Crippen MR) is 57.5 cm³/mol. The largest absolute Gasteiger partial charge is 0.478 e. The molecule has 5 heteroatoms. The Kier molecular flexibility index (Phi) is 4.32. The number of aromatic carboxylic acids is 1. The first kappa shape index (κ1) is 12.0. The van der Waals surface area contributed by atoms with Gasteiger partial charge in [-0.15, -0.1) is 0 Å². The van der Waals surface area contributed by atoms with Crippen molar-refractivity contribution in [1.82, 2.24) is 5.32 Å². The van der Waals surface area contributed by atoms with Crippen molar-refractivity contribution in [2.75, 3.05) is 13.7 Å². The molecule has 1 aromatic carbocycles. The molecule has 16 heavy (non-hydrogen) atoms. The molecule has 86 valence electrons. The monoisotopic (exact) mass is 223 g/mol. The van der Waals surface area contributed by atoms with Gasteiger partial charge in [0.1, 0.15) is 0 Å². The molecule has 0 heterocycles. The Bertz CT molecular complexity index is 372.